The van der Waals surface area contributed by atoms with Gasteiger partial charge in [0.25, 0.3) is 0 Å². The molecule has 0 aliphatic carbocycles. The third-order valence-electron chi connectivity index (χ3n) is 3.91. The molecule has 0 saturated carbocycles. The number of piperidine rings is 1. The number of likely N-dealkylation sites (tertiary alicyclic amines) is 1. The number of benzene rings is 1. The maximum atomic E-state index is 12.9. The maximum absolute atomic E-state index is 12.9. The molecule has 1 atom stereocenters. The smallest absolute Gasteiger partial charge is 0.226 e. The zero-order chi connectivity index (χ0) is 15.5. The number of aromatic nitrogens is 1. The van der Waals surface area contributed by atoms with Crippen LogP contribution in [0.2, 0.25) is 0 Å². The number of hydrogen-bond acceptors (Lipinski definition) is 4. The van der Waals surface area contributed by atoms with Crippen molar-refractivity contribution in [1.82, 2.24) is 9.88 Å². The largest absolute Gasteiger partial charge is 0.444 e. The van der Waals surface area contributed by atoms with Crippen molar-refractivity contribution in [3.8, 4) is 11.5 Å². The standard InChI is InChI=1S/C15H17FN2O3S/c16-13-3-1-12(2-4-13)15-17-14(9-21-15)11-5-7-18(8-6-11)10-22(19)20/h1-4,9,11H,5-8,10H2,(H,19,20). The Kier molecular flexibility index (Phi) is 4.66. The summed E-state index contributed by atoms with van der Waals surface area (Å²) < 4.78 is 38.2. The molecule has 7 heteroatoms. The Balaban J connectivity index is 1.65. The second-order valence-electron chi connectivity index (χ2n) is 5.43. The highest BCUT2D eigenvalue weighted by molar-refractivity contribution is 7.79. The highest BCUT2D eigenvalue weighted by Crippen LogP contribution is 2.29. The molecule has 1 N–H and O–H groups in total. The molecule has 22 heavy (non-hydrogen) atoms. The number of rotatable bonds is 4. The van der Waals surface area contributed by atoms with Gasteiger partial charge in [-0.05, 0) is 50.2 Å². The van der Waals surface area contributed by atoms with E-state index in [0.717, 1.165) is 37.2 Å². The first-order valence-electron chi connectivity index (χ1n) is 7.13. The van der Waals surface area contributed by atoms with Gasteiger partial charge in [0.05, 0.1) is 5.69 Å². The van der Waals surface area contributed by atoms with Gasteiger partial charge in [-0.1, -0.05) is 0 Å². The van der Waals surface area contributed by atoms with E-state index < -0.39 is 11.1 Å². The van der Waals surface area contributed by atoms with Crippen LogP contribution in [0.15, 0.2) is 34.9 Å². The van der Waals surface area contributed by atoms with E-state index in [0.29, 0.717) is 11.8 Å². The summed E-state index contributed by atoms with van der Waals surface area (Å²) in [4.78, 5) is 6.48. The molecule has 5 nitrogen and oxygen atoms in total. The fraction of sp³-hybridized carbons (Fsp3) is 0.400. The van der Waals surface area contributed by atoms with Gasteiger partial charge in [0.2, 0.25) is 5.89 Å². The third-order valence-corrected chi connectivity index (χ3v) is 4.50. The lowest BCUT2D eigenvalue weighted by Gasteiger charge is -2.29. The molecule has 1 aromatic heterocycles. The maximum Gasteiger partial charge on any atom is 0.226 e. The van der Waals surface area contributed by atoms with E-state index in [1.807, 2.05) is 4.90 Å². The highest BCUT2D eigenvalue weighted by atomic mass is 32.2. The second-order valence-corrected chi connectivity index (χ2v) is 6.33. The van der Waals surface area contributed by atoms with E-state index in [-0.39, 0.29) is 11.7 Å². The van der Waals surface area contributed by atoms with Crippen LogP contribution in [0.1, 0.15) is 24.5 Å². The van der Waals surface area contributed by atoms with Crippen molar-refractivity contribution in [2.45, 2.75) is 18.8 Å². The summed E-state index contributed by atoms with van der Waals surface area (Å²) in [6.07, 6.45) is 3.42. The normalized spacial score (nSPS) is 18.5. The van der Waals surface area contributed by atoms with Crippen molar-refractivity contribution >= 4 is 11.1 Å². The minimum atomic E-state index is -1.78. The van der Waals surface area contributed by atoms with Gasteiger partial charge in [-0.3, -0.25) is 4.90 Å². The molecule has 0 bridgehead atoms. The zero-order valence-corrected chi connectivity index (χ0v) is 12.8. The lowest BCUT2D eigenvalue weighted by molar-refractivity contribution is 0.238. The van der Waals surface area contributed by atoms with Crippen LogP contribution in [0.4, 0.5) is 4.39 Å². The van der Waals surface area contributed by atoms with Gasteiger partial charge in [0.1, 0.15) is 18.0 Å². The molecule has 1 aliphatic heterocycles. The summed E-state index contributed by atoms with van der Waals surface area (Å²) in [5.74, 6) is 0.700. The topological polar surface area (TPSA) is 66.6 Å². The molecule has 0 amide bonds. The van der Waals surface area contributed by atoms with E-state index in [2.05, 4.69) is 4.98 Å². The number of oxazole rings is 1. The SMILES string of the molecule is O=S(O)CN1CCC(c2coc(-c3ccc(F)cc3)n2)CC1. The molecule has 0 radical (unpaired) electrons. The van der Waals surface area contributed by atoms with Crippen molar-refractivity contribution in [2.24, 2.45) is 0 Å². The second kappa shape index (κ2) is 6.68. The molecule has 1 saturated heterocycles. The average Bonchev–Trinajstić information content (AvgIpc) is 2.98. The Morgan fingerprint density at radius 3 is 2.64 bits per heavy atom. The van der Waals surface area contributed by atoms with Gasteiger partial charge in [-0.15, -0.1) is 0 Å². The van der Waals surface area contributed by atoms with E-state index in [1.165, 1.54) is 12.1 Å². The molecule has 1 fully saturated rings. The summed E-state index contributed by atoms with van der Waals surface area (Å²) in [6.45, 7) is 1.55. The molecule has 1 aliphatic rings. The predicted octanol–water partition coefficient (Wildman–Crippen LogP) is 2.84. The molecule has 1 aromatic carbocycles. The van der Waals surface area contributed by atoms with Crippen LogP contribution in [0.3, 0.4) is 0 Å². The minimum absolute atomic E-state index is 0.201. The first-order chi connectivity index (χ1) is 10.6. The fourth-order valence-electron chi connectivity index (χ4n) is 2.71. The molecule has 118 valence electrons. The summed E-state index contributed by atoms with van der Waals surface area (Å²) in [5, 5.41) is 0. The lowest BCUT2D eigenvalue weighted by atomic mass is 9.94. The van der Waals surface area contributed by atoms with Crippen molar-refractivity contribution in [3.05, 3.63) is 42.0 Å². The van der Waals surface area contributed by atoms with E-state index >= 15 is 0 Å². The number of halogens is 1. The molecule has 2 aromatic rings. The van der Waals surface area contributed by atoms with Crippen LogP contribution in [-0.4, -0.2) is 37.6 Å². The predicted molar refractivity (Wildman–Crippen MR) is 81.1 cm³/mol. The summed E-state index contributed by atoms with van der Waals surface area (Å²) in [5.41, 5.74) is 1.64. The van der Waals surface area contributed by atoms with Gasteiger partial charge in [0.15, 0.2) is 11.1 Å². The minimum Gasteiger partial charge on any atom is -0.444 e. The van der Waals surface area contributed by atoms with Gasteiger partial charge < -0.3 is 8.97 Å². The lowest BCUT2D eigenvalue weighted by Crippen LogP contribution is -2.35. The summed E-state index contributed by atoms with van der Waals surface area (Å²) in [6, 6.07) is 6.05. The van der Waals surface area contributed by atoms with Crippen LogP contribution >= 0.6 is 0 Å². The van der Waals surface area contributed by atoms with Crippen molar-refractivity contribution in [1.29, 1.82) is 0 Å². The van der Waals surface area contributed by atoms with Crippen molar-refractivity contribution < 1.29 is 17.6 Å². The summed E-state index contributed by atoms with van der Waals surface area (Å²) in [7, 11) is 0. The zero-order valence-electron chi connectivity index (χ0n) is 11.9. The van der Waals surface area contributed by atoms with E-state index in [4.69, 9.17) is 8.97 Å². The van der Waals surface area contributed by atoms with Gasteiger partial charge >= 0.3 is 0 Å². The van der Waals surface area contributed by atoms with Crippen LogP contribution in [0, 0.1) is 5.82 Å². The van der Waals surface area contributed by atoms with Crippen LogP contribution in [-0.2, 0) is 11.1 Å². The van der Waals surface area contributed by atoms with E-state index in [9.17, 15) is 8.60 Å². The van der Waals surface area contributed by atoms with Crippen LogP contribution in [0.5, 0.6) is 0 Å². The van der Waals surface area contributed by atoms with Crippen LogP contribution in [0.25, 0.3) is 11.5 Å². The Morgan fingerprint density at radius 1 is 1.32 bits per heavy atom. The Morgan fingerprint density at radius 2 is 2.00 bits per heavy atom. The molecule has 3 rings (SSSR count). The van der Waals surface area contributed by atoms with Gasteiger partial charge in [0, 0.05) is 11.5 Å². The van der Waals surface area contributed by atoms with Gasteiger partial charge in [-0.2, -0.15) is 0 Å². The van der Waals surface area contributed by atoms with Crippen molar-refractivity contribution in [2.75, 3.05) is 19.0 Å². The average molecular weight is 324 g/mol. The van der Waals surface area contributed by atoms with Gasteiger partial charge in [-0.25, -0.2) is 13.6 Å². The van der Waals surface area contributed by atoms with E-state index in [1.54, 1.807) is 18.4 Å². The number of nitrogens with zero attached hydrogens (tertiary/aromatic N) is 2. The summed E-state index contributed by atoms with van der Waals surface area (Å²) >= 11 is -1.78. The molecule has 0 spiro atoms. The molecule has 1 unspecified atom stereocenters. The highest BCUT2D eigenvalue weighted by Gasteiger charge is 2.24. The van der Waals surface area contributed by atoms with Crippen molar-refractivity contribution in [3.63, 3.8) is 0 Å². The Hall–Kier alpha value is -1.57. The monoisotopic (exact) mass is 324 g/mol. The molecular formula is C15H17FN2O3S. The van der Waals surface area contributed by atoms with Crippen LogP contribution < -0.4 is 0 Å². The quantitative estimate of drug-likeness (QED) is 0.876. The number of hydrogen-bond donors (Lipinski definition) is 1. The third kappa shape index (κ3) is 3.60. The Labute approximate surface area is 130 Å². The fourth-order valence-corrected chi connectivity index (χ4v) is 3.28. The Bertz CT molecular complexity index is 651. The molecule has 2 heterocycles. The first kappa shape index (κ1) is 15.3. The molecular weight excluding hydrogens is 307 g/mol. The first-order valence-corrected chi connectivity index (χ1v) is 8.40.